The van der Waals surface area contributed by atoms with Gasteiger partial charge in [-0.05, 0) is 40.0 Å². The molecule has 0 aliphatic carbocycles. The highest BCUT2D eigenvalue weighted by Crippen LogP contribution is 2.21. The van der Waals surface area contributed by atoms with Gasteiger partial charge < -0.3 is 15.0 Å². The van der Waals surface area contributed by atoms with Gasteiger partial charge in [0.2, 0.25) is 0 Å². The maximum atomic E-state index is 12.3. The second-order valence-electron chi connectivity index (χ2n) is 6.61. The average Bonchev–Trinajstić information content (AvgIpc) is 3.01. The number of nitrogens with zero attached hydrogens (tertiary/aromatic N) is 4. The quantitative estimate of drug-likeness (QED) is 0.900. The number of carbonyl (C=O) groups excluding carboxylic acids is 1. The summed E-state index contributed by atoms with van der Waals surface area (Å²) in [7, 11) is 1.70. The highest BCUT2D eigenvalue weighted by Gasteiger charge is 2.26. The van der Waals surface area contributed by atoms with Gasteiger partial charge in [-0.1, -0.05) is 0 Å². The van der Waals surface area contributed by atoms with Crippen LogP contribution in [0.2, 0.25) is 0 Å². The Bertz CT molecular complexity index is 466. The monoisotopic (exact) mass is 309 g/mol. The Balaban J connectivity index is 1.77. The molecule has 2 rings (SSSR count). The number of nitrogens with one attached hydrogen (secondary N) is 1. The number of likely N-dealkylation sites (tertiary alicyclic amines) is 1. The SMILES string of the molecule is COC(C)(C)C[C@@H](C)NC(=O)N1CCC(n2cncn2)CC1. The number of hydrogen-bond donors (Lipinski definition) is 1. The van der Waals surface area contributed by atoms with E-state index in [0.29, 0.717) is 6.04 Å². The zero-order valence-corrected chi connectivity index (χ0v) is 14.0. The van der Waals surface area contributed by atoms with E-state index in [1.54, 1.807) is 19.8 Å². The van der Waals surface area contributed by atoms with Crippen LogP contribution in [0.15, 0.2) is 12.7 Å². The van der Waals surface area contributed by atoms with Gasteiger partial charge in [-0.25, -0.2) is 14.5 Å². The van der Waals surface area contributed by atoms with Crippen molar-refractivity contribution in [2.45, 2.75) is 57.7 Å². The van der Waals surface area contributed by atoms with Crippen molar-refractivity contribution in [3.05, 3.63) is 12.7 Å². The van der Waals surface area contributed by atoms with Gasteiger partial charge in [0.1, 0.15) is 12.7 Å². The van der Waals surface area contributed by atoms with Gasteiger partial charge in [-0.15, -0.1) is 0 Å². The molecule has 0 unspecified atom stereocenters. The van der Waals surface area contributed by atoms with Gasteiger partial charge in [-0.2, -0.15) is 5.10 Å². The number of amides is 2. The van der Waals surface area contributed by atoms with Crippen LogP contribution in [0.4, 0.5) is 4.79 Å². The lowest BCUT2D eigenvalue weighted by atomic mass is 10.00. The van der Waals surface area contributed by atoms with E-state index in [2.05, 4.69) is 15.4 Å². The third-order valence-corrected chi connectivity index (χ3v) is 4.28. The molecule has 1 atom stereocenters. The van der Waals surface area contributed by atoms with Crippen molar-refractivity contribution in [1.82, 2.24) is 25.0 Å². The molecule has 2 heterocycles. The smallest absolute Gasteiger partial charge is 0.317 e. The Labute approximate surface area is 132 Å². The summed E-state index contributed by atoms with van der Waals surface area (Å²) in [5.74, 6) is 0. The first-order chi connectivity index (χ1) is 10.4. The zero-order valence-electron chi connectivity index (χ0n) is 14.0. The summed E-state index contributed by atoms with van der Waals surface area (Å²) in [6, 6.07) is 0.434. The van der Waals surface area contributed by atoms with E-state index >= 15 is 0 Å². The fraction of sp³-hybridized carbons (Fsp3) is 0.800. The molecule has 22 heavy (non-hydrogen) atoms. The summed E-state index contributed by atoms with van der Waals surface area (Å²) in [5.41, 5.74) is -0.229. The number of hydrogen-bond acceptors (Lipinski definition) is 4. The highest BCUT2D eigenvalue weighted by atomic mass is 16.5. The number of rotatable bonds is 5. The number of methoxy groups -OCH3 is 1. The van der Waals surface area contributed by atoms with E-state index in [0.717, 1.165) is 32.4 Å². The Morgan fingerprint density at radius 2 is 2.14 bits per heavy atom. The molecule has 2 amide bonds. The lowest BCUT2D eigenvalue weighted by molar-refractivity contribution is 0.00904. The summed E-state index contributed by atoms with van der Waals surface area (Å²) >= 11 is 0. The van der Waals surface area contributed by atoms with Crippen molar-refractivity contribution in [1.29, 1.82) is 0 Å². The summed E-state index contributed by atoms with van der Waals surface area (Å²) in [4.78, 5) is 18.2. The van der Waals surface area contributed by atoms with Crippen LogP contribution < -0.4 is 5.32 Å². The molecule has 124 valence electrons. The number of ether oxygens (including phenoxy) is 1. The van der Waals surface area contributed by atoms with Crippen LogP contribution in [0, 0.1) is 0 Å². The van der Waals surface area contributed by atoms with Gasteiger partial charge >= 0.3 is 6.03 Å². The number of urea groups is 1. The average molecular weight is 309 g/mol. The molecule has 1 aliphatic rings. The summed E-state index contributed by atoms with van der Waals surface area (Å²) in [6.45, 7) is 7.56. The molecule has 0 aromatic carbocycles. The lowest BCUT2D eigenvalue weighted by Gasteiger charge is -2.33. The van der Waals surface area contributed by atoms with Gasteiger partial charge in [0.25, 0.3) is 0 Å². The van der Waals surface area contributed by atoms with E-state index < -0.39 is 0 Å². The van der Waals surface area contributed by atoms with Crippen molar-refractivity contribution in [2.75, 3.05) is 20.2 Å². The van der Waals surface area contributed by atoms with E-state index in [9.17, 15) is 4.79 Å². The molecule has 1 aromatic rings. The second-order valence-corrected chi connectivity index (χ2v) is 6.61. The van der Waals surface area contributed by atoms with Gasteiger partial charge in [0.15, 0.2) is 0 Å². The van der Waals surface area contributed by atoms with E-state index in [1.165, 1.54) is 0 Å². The van der Waals surface area contributed by atoms with Crippen LogP contribution in [-0.4, -0.2) is 57.5 Å². The summed E-state index contributed by atoms with van der Waals surface area (Å²) in [6.07, 6.45) is 5.90. The number of carbonyl (C=O) groups is 1. The summed E-state index contributed by atoms with van der Waals surface area (Å²) in [5, 5.41) is 7.24. The molecule has 1 saturated heterocycles. The molecule has 1 N–H and O–H groups in total. The molecule has 0 spiro atoms. The van der Waals surface area contributed by atoms with Crippen LogP contribution in [0.3, 0.4) is 0 Å². The number of aromatic nitrogens is 3. The molecule has 1 aliphatic heterocycles. The first-order valence-electron chi connectivity index (χ1n) is 7.86. The Kier molecular flexibility index (Phi) is 5.39. The predicted octanol–water partition coefficient (Wildman–Crippen LogP) is 1.83. The van der Waals surface area contributed by atoms with E-state index in [4.69, 9.17) is 4.74 Å². The molecule has 7 heteroatoms. The van der Waals surface area contributed by atoms with Crippen LogP contribution in [0.1, 0.15) is 46.1 Å². The molecule has 1 aromatic heterocycles. The minimum Gasteiger partial charge on any atom is -0.379 e. The van der Waals surface area contributed by atoms with Gasteiger partial charge in [-0.3, -0.25) is 0 Å². The normalized spacial score (nSPS) is 18.3. The van der Waals surface area contributed by atoms with Gasteiger partial charge in [0.05, 0.1) is 11.6 Å². The van der Waals surface area contributed by atoms with Gasteiger partial charge in [0, 0.05) is 26.2 Å². The summed E-state index contributed by atoms with van der Waals surface area (Å²) < 4.78 is 7.30. The third kappa shape index (κ3) is 4.43. The number of piperidine rings is 1. The lowest BCUT2D eigenvalue weighted by Crippen LogP contribution is -2.48. The highest BCUT2D eigenvalue weighted by molar-refractivity contribution is 5.74. The fourth-order valence-corrected chi connectivity index (χ4v) is 2.91. The minimum absolute atomic E-state index is 0.0106. The van der Waals surface area contributed by atoms with Crippen LogP contribution in [-0.2, 0) is 4.74 Å². The van der Waals surface area contributed by atoms with Crippen molar-refractivity contribution >= 4 is 6.03 Å². The van der Waals surface area contributed by atoms with Crippen LogP contribution in [0.5, 0.6) is 0 Å². The second kappa shape index (κ2) is 7.09. The van der Waals surface area contributed by atoms with Crippen molar-refractivity contribution in [2.24, 2.45) is 0 Å². The zero-order chi connectivity index (χ0) is 16.2. The Hall–Kier alpha value is -1.63. The van der Waals surface area contributed by atoms with Crippen molar-refractivity contribution in [3.63, 3.8) is 0 Å². The standard InChI is InChI=1S/C15H27N5O2/c1-12(9-15(2,3)22-4)18-14(21)19-7-5-13(6-8-19)20-11-16-10-17-20/h10-13H,5-9H2,1-4H3,(H,18,21)/t12-/m1/s1. The minimum atomic E-state index is -0.229. The first kappa shape index (κ1) is 16.7. The Morgan fingerprint density at radius 3 is 2.68 bits per heavy atom. The topological polar surface area (TPSA) is 72.3 Å². The molecular weight excluding hydrogens is 282 g/mol. The molecule has 7 nitrogen and oxygen atoms in total. The van der Waals surface area contributed by atoms with Crippen molar-refractivity contribution in [3.8, 4) is 0 Å². The molecule has 0 radical (unpaired) electrons. The van der Waals surface area contributed by atoms with Crippen molar-refractivity contribution < 1.29 is 9.53 Å². The fourth-order valence-electron chi connectivity index (χ4n) is 2.91. The van der Waals surface area contributed by atoms with Crippen LogP contribution >= 0.6 is 0 Å². The third-order valence-electron chi connectivity index (χ3n) is 4.28. The predicted molar refractivity (Wildman–Crippen MR) is 83.6 cm³/mol. The maximum absolute atomic E-state index is 12.3. The van der Waals surface area contributed by atoms with Crippen LogP contribution in [0.25, 0.3) is 0 Å². The molecule has 0 saturated carbocycles. The first-order valence-corrected chi connectivity index (χ1v) is 7.86. The molecule has 1 fully saturated rings. The van der Waals surface area contributed by atoms with E-state index in [-0.39, 0.29) is 17.7 Å². The molecule has 0 bridgehead atoms. The van der Waals surface area contributed by atoms with E-state index in [1.807, 2.05) is 30.4 Å². The maximum Gasteiger partial charge on any atom is 0.317 e. The Morgan fingerprint density at radius 1 is 1.45 bits per heavy atom. The molecular formula is C15H27N5O2. The largest absolute Gasteiger partial charge is 0.379 e.